The largest absolute Gasteiger partial charge is 0.492 e. The number of para-hydroxylation sites is 1. The number of hydrogen-bond donors (Lipinski definition) is 0. The minimum absolute atomic E-state index is 0.0587. The van der Waals surface area contributed by atoms with Crippen LogP contribution < -0.4 is 4.74 Å². The van der Waals surface area contributed by atoms with Gasteiger partial charge in [-0.1, -0.05) is 84.0 Å². The monoisotopic (exact) mass is 399 g/mol. The van der Waals surface area contributed by atoms with Gasteiger partial charge in [0.05, 0.1) is 12.5 Å². The zero-order valence-electron chi connectivity index (χ0n) is 17.0. The summed E-state index contributed by atoms with van der Waals surface area (Å²) in [6.07, 6.45) is 0. The second-order valence-corrected chi connectivity index (χ2v) is 7.20. The van der Waals surface area contributed by atoms with E-state index in [2.05, 4.69) is 34.3 Å². The number of likely N-dealkylation sites (N-methyl/N-ethyl adjacent to an activating group) is 1. The molecule has 4 aromatic rings. The van der Waals surface area contributed by atoms with Crippen LogP contribution in [0.4, 0.5) is 0 Å². The zero-order valence-corrected chi connectivity index (χ0v) is 17.0. The first kappa shape index (κ1) is 19.9. The van der Waals surface area contributed by atoms with Gasteiger partial charge in [0.2, 0.25) is 5.89 Å². The van der Waals surface area contributed by atoms with Crippen molar-refractivity contribution in [3.05, 3.63) is 114 Å². The van der Waals surface area contributed by atoms with E-state index in [-0.39, 0.29) is 5.92 Å². The lowest BCUT2D eigenvalue weighted by Crippen LogP contribution is -2.24. The molecule has 0 spiro atoms. The maximum atomic E-state index is 5.77. The molecule has 152 valence electrons. The normalized spacial score (nSPS) is 11.2. The summed E-state index contributed by atoms with van der Waals surface area (Å²) in [5.74, 6) is 2.09. The standard InChI is InChI=1S/C25H25N3O2/c1-28(17-18-29-22-15-9-4-10-16-22)19-23-26-25(27-30-23)24(20-11-5-2-6-12-20)21-13-7-3-8-14-21/h2-16,24H,17-19H2,1H3. The Morgan fingerprint density at radius 1 is 0.833 bits per heavy atom. The molecule has 3 aromatic carbocycles. The van der Waals surface area contributed by atoms with Gasteiger partial charge in [-0.05, 0) is 30.3 Å². The molecule has 0 aliphatic rings. The highest BCUT2D eigenvalue weighted by Crippen LogP contribution is 2.29. The summed E-state index contributed by atoms with van der Waals surface area (Å²) in [6.45, 7) is 1.92. The van der Waals surface area contributed by atoms with Crippen molar-refractivity contribution in [1.82, 2.24) is 15.0 Å². The molecule has 1 aromatic heterocycles. The summed E-state index contributed by atoms with van der Waals surface area (Å²) in [4.78, 5) is 6.82. The molecule has 30 heavy (non-hydrogen) atoms. The Balaban J connectivity index is 1.42. The average Bonchev–Trinajstić information content (AvgIpc) is 3.24. The number of benzene rings is 3. The Kier molecular flexibility index (Phi) is 6.52. The van der Waals surface area contributed by atoms with Crippen LogP contribution in [0.5, 0.6) is 5.75 Å². The molecule has 5 nitrogen and oxygen atoms in total. The van der Waals surface area contributed by atoms with E-state index in [4.69, 9.17) is 14.2 Å². The summed E-state index contributed by atoms with van der Waals surface area (Å²) in [5, 5.41) is 4.31. The average molecular weight is 399 g/mol. The summed E-state index contributed by atoms with van der Waals surface area (Å²) in [6, 6.07) is 30.4. The lowest BCUT2D eigenvalue weighted by Gasteiger charge is -2.15. The molecule has 0 bridgehead atoms. The summed E-state index contributed by atoms with van der Waals surface area (Å²) in [5.41, 5.74) is 2.28. The molecule has 0 radical (unpaired) electrons. The minimum atomic E-state index is -0.0587. The predicted molar refractivity (Wildman–Crippen MR) is 116 cm³/mol. The molecule has 0 amide bonds. The van der Waals surface area contributed by atoms with Gasteiger partial charge in [-0.3, -0.25) is 4.90 Å². The molecule has 1 heterocycles. The molecule has 0 aliphatic heterocycles. The fraction of sp³-hybridized carbons (Fsp3) is 0.200. The Hall–Kier alpha value is -3.44. The van der Waals surface area contributed by atoms with E-state index in [0.29, 0.717) is 24.9 Å². The van der Waals surface area contributed by atoms with Gasteiger partial charge in [-0.15, -0.1) is 0 Å². The summed E-state index contributed by atoms with van der Waals surface area (Å²) >= 11 is 0. The van der Waals surface area contributed by atoms with Gasteiger partial charge in [-0.2, -0.15) is 4.98 Å². The molecule has 0 aliphatic carbocycles. The quantitative estimate of drug-likeness (QED) is 0.406. The molecule has 0 atom stereocenters. The summed E-state index contributed by atoms with van der Waals surface area (Å²) < 4.78 is 11.3. The second kappa shape index (κ2) is 9.85. The minimum Gasteiger partial charge on any atom is -0.492 e. The Bertz CT molecular complexity index is 980. The van der Waals surface area contributed by atoms with Gasteiger partial charge < -0.3 is 9.26 Å². The third kappa shape index (κ3) is 5.13. The first-order chi connectivity index (χ1) is 14.8. The van der Waals surface area contributed by atoms with Crippen molar-refractivity contribution in [2.75, 3.05) is 20.2 Å². The third-order valence-corrected chi connectivity index (χ3v) is 4.90. The smallest absolute Gasteiger partial charge is 0.240 e. The van der Waals surface area contributed by atoms with Gasteiger partial charge in [0.15, 0.2) is 5.82 Å². The van der Waals surface area contributed by atoms with Crippen LogP contribution in [0, 0.1) is 0 Å². The second-order valence-electron chi connectivity index (χ2n) is 7.20. The zero-order chi connectivity index (χ0) is 20.6. The van der Waals surface area contributed by atoms with E-state index in [1.54, 1.807) is 0 Å². The van der Waals surface area contributed by atoms with E-state index >= 15 is 0 Å². The molecular weight excluding hydrogens is 374 g/mol. The maximum absolute atomic E-state index is 5.77. The van der Waals surface area contributed by atoms with Crippen LogP contribution in [0.25, 0.3) is 0 Å². The number of nitrogens with zero attached hydrogens (tertiary/aromatic N) is 3. The Morgan fingerprint density at radius 3 is 2.00 bits per heavy atom. The van der Waals surface area contributed by atoms with Gasteiger partial charge >= 0.3 is 0 Å². The predicted octanol–water partition coefficient (Wildman–Crippen LogP) is 4.76. The van der Waals surface area contributed by atoms with Gasteiger partial charge in [0, 0.05) is 6.54 Å². The van der Waals surface area contributed by atoms with Crippen LogP contribution >= 0.6 is 0 Å². The molecule has 0 fully saturated rings. The van der Waals surface area contributed by atoms with Crippen LogP contribution in [-0.2, 0) is 6.54 Å². The first-order valence-electron chi connectivity index (χ1n) is 10.1. The van der Waals surface area contributed by atoms with Gasteiger partial charge in [0.25, 0.3) is 0 Å². The number of aromatic nitrogens is 2. The highest BCUT2D eigenvalue weighted by Gasteiger charge is 2.22. The van der Waals surface area contributed by atoms with E-state index in [1.807, 2.05) is 73.8 Å². The highest BCUT2D eigenvalue weighted by atomic mass is 16.5. The van der Waals surface area contributed by atoms with Crippen molar-refractivity contribution in [3.8, 4) is 5.75 Å². The van der Waals surface area contributed by atoms with Crippen molar-refractivity contribution >= 4 is 0 Å². The molecule has 0 N–H and O–H groups in total. The van der Waals surface area contributed by atoms with Crippen molar-refractivity contribution in [1.29, 1.82) is 0 Å². The number of hydrogen-bond acceptors (Lipinski definition) is 5. The Morgan fingerprint density at radius 2 is 1.40 bits per heavy atom. The molecule has 4 rings (SSSR count). The van der Waals surface area contributed by atoms with Crippen LogP contribution in [0.1, 0.15) is 28.8 Å². The van der Waals surface area contributed by atoms with Crippen molar-refractivity contribution < 1.29 is 9.26 Å². The van der Waals surface area contributed by atoms with Gasteiger partial charge in [0.1, 0.15) is 12.4 Å². The van der Waals surface area contributed by atoms with E-state index in [9.17, 15) is 0 Å². The Labute approximate surface area is 176 Å². The van der Waals surface area contributed by atoms with Crippen molar-refractivity contribution in [2.45, 2.75) is 12.5 Å². The maximum Gasteiger partial charge on any atom is 0.240 e. The fourth-order valence-electron chi connectivity index (χ4n) is 3.38. The van der Waals surface area contributed by atoms with Crippen LogP contribution in [0.15, 0.2) is 95.5 Å². The highest BCUT2D eigenvalue weighted by molar-refractivity contribution is 5.37. The van der Waals surface area contributed by atoms with Crippen molar-refractivity contribution in [3.63, 3.8) is 0 Å². The van der Waals surface area contributed by atoms with Gasteiger partial charge in [-0.25, -0.2) is 0 Å². The molecular formula is C25H25N3O2. The summed E-state index contributed by atoms with van der Waals surface area (Å²) in [7, 11) is 2.02. The van der Waals surface area contributed by atoms with Crippen LogP contribution in [0.2, 0.25) is 0 Å². The lowest BCUT2D eigenvalue weighted by atomic mass is 9.91. The molecule has 0 saturated heterocycles. The molecule has 0 saturated carbocycles. The van der Waals surface area contributed by atoms with E-state index in [0.717, 1.165) is 23.4 Å². The topological polar surface area (TPSA) is 51.4 Å². The third-order valence-electron chi connectivity index (χ3n) is 4.90. The number of rotatable bonds is 9. The first-order valence-corrected chi connectivity index (χ1v) is 10.1. The van der Waals surface area contributed by atoms with E-state index in [1.165, 1.54) is 0 Å². The van der Waals surface area contributed by atoms with Crippen molar-refractivity contribution in [2.24, 2.45) is 0 Å². The SMILES string of the molecule is CN(CCOc1ccccc1)Cc1nc(C(c2ccccc2)c2ccccc2)no1. The van der Waals surface area contributed by atoms with E-state index < -0.39 is 0 Å². The number of ether oxygens (including phenoxy) is 1. The van der Waals surface area contributed by atoms with Crippen LogP contribution in [-0.4, -0.2) is 35.2 Å². The lowest BCUT2D eigenvalue weighted by molar-refractivity contribution is 0.212. The molecule has 0 unspecified atom stereocenters. The molecule has 5 heteroatoms. The van der Waals surface area contributed by atoms with Crippen LogP contribution in [0.3, 0.4) is 0 Å². The fourth-order valence-corrected chi connectivity index (χ4v) is 3.38.